The zero-order chi connectivity index (χ0) is 40.7. The number of amides is 3. The van der Waals surface area contributed by atoms with Crippen molar-refractivity contribution in [1.29, 1.82) is 0 Å². The van der Waals surface area contributed by atoms with Crippen molar-refractivity contribution in [3.8, 4) is 0 Å². The average Bonchev–Trinajstić information content (AvgIpc) is 3.64. The zero-order valence-electron chi connectivity index (χ0n) is 36.0. The maximum Gasteiger partial charge on any atom is 0.265 e. The van der Waals surface area contributed by atoms with Crippen LogP contribution in [0.25, 0.3) is 0 Å². The Morgan fingerprint density at radius 2 is 1.58 bits per heavy atom. The van der Waals surface area contributed by atoms with Crippen molar-refractivity contribution in [2.75, 3.05) is 32.7 Å². The fraction of sp³-hybridized carbons (Fsp3) is 0.674. The molecule has 4 atom stereocenters. The van der Waals surface area contributed by atoms with Crippen molar-refractivity contribution >= 4 is 30.4 Å². The van der Waals surface area contributed by atoms with Gasteiger partial charge < -0.3 is 15.1 Å². The van der Waals surface area contributed by atoms with Crippen LogP contribution in [0.4, 0.5) is 0 Å². The molecule has 2 fully saturated rings. The lowest BCUT2D eigenvalue weighted by molar-refractivity contribution is -0.146. The van der Waals surface area contributed by atoms with Crippen LogP contribution in [0.2, 0.25) is 0 Å². The molecule has 306 valence electrons. The summed E-state index contributed by atoms with van der Waals surface area (Å²) >= 11 is 4.71. The van der Waals surface area contributed by atoms with Crippen LogP contribution in [-0.2, 0) is 9.59 Å². The van der Waals surface area contributed by atoms with Crippen LogP contribution in [0.1, 0.15) is 143 Å². The van der Waals surface area contributed by atoms with E-state index in [1.54, 1.807) is 0 Å². The highest BCUT2D eigenvalue weighted by molar-refractivity contribution is 7.84. The van der Waals surface area contributed by atoms with Gasteiger partial charge in [0.25, 0.3) is 5.91 Å². The van der Waals surface area contributed by atoms with Crippen LogP contribution in [0.5, 0.6) is 0 Å². The lowest BCUT2D eigenvalue weighted by Crippen LogP contribution is -2.53. The number of piperidine rings is 1. The predicted molar refractivity (Wildman–Crippen MR) is 231 cm³/mol. The number of nitrogens with zero attached hydrogens (tertiary/aromatic N) is 2. The molecule has 0 spiro atoms. The number of likely N-dealkylation sites (tertiary alicyclic amines) is 2. The van der Waals surface area contributed by atoms with E-state index in [1.165, 1.54) is 11.1 Å². The van der Waals surface area contributed by atoms with Gasteiger partial charge in [0.05, 0.1) is 6.04 Å². The van der Waals surface area contributed by atoms with Gasteiger partial charge in [0, 0.05) is 37.0 Å². The van der Waals surface area contributed by atoms with Crippen LogP contribution in [0.15, 0.2) is 58.5 Å². The Hall–Kier alpha value is -2.88. The van der Waals surface area contributed by atoms with E-state index in [-0.39, 0.29) is 51.8 Å². The molecule has 3 aliphatic rings. The summed E-state index contributed by atoms with van der Waals surface area (Å²) in [5.74, 6) is 0.520. The van der Waals surface area contributed by atoms with Crippen molar-refractivity contribution in [2.24, 2.45) is 28.1 Å². The van der Waals surface area contributed by atoms with Gasteiger partial charge in [0.2, 0.25) is 11.8 Å². The molecular formula is C46H73N5O3S. The van der Waals surface area contributed by atoms with Gasteiger partial charge >= 0.3 is 0 Å². The lowest BCUT2D eigenvalue weighted by atomic mass is 9.60. The van der Waals surface area contributed by atoms with E-state index in [0.717, 1.165) is 75.2 Å². The number of carbonyl (C=O) groups excluding carboxylic acids is 3. The van der Waals surface area contributed by atoms with Gasteiger partial charge in [-0.25, -0.2) is 5.43 Å². The highest BCUT2D eigenvalue weighted by atomic mass is 32.1. The van der Waals surface area contributed by atoms with Gasteiger partial charge in [0.15, 0.2) is 0 Å². The van der Waals surface area contributed by atoms with E-state index in [9.17, 15) is 14.4 Å². The van der Waals surface area contributed by atoms with E-state index in [1.807, 2.05) is 24.0 Å². The molecule has 8 nitrogen and oxygen atoms in total. The van der Waals surface area contributed by atoms with Crippen molar-refractivity contribution in [1.82, 2.24) is 26.0 Å². The number of allylic oxidation sites excluding steroid dienone is 4. The molecule has 1 aromatic carbocycles. The molecule has 3 N–H and O–H groups in total. The van der Waals surface area contributed by atoms with Crippen LogP contribution in [0.3, 0.4) is 0 Å². The number of nitrogens with one attached hydrogen (secondary N) is 3. The number of hydrogen-bond donors (Lipinski definition) is 4. The molecule has 0 radical (unpaired) electrons. The molecule has 9 heteroatoms. The van der Waals surface area contributed by atoms with Gasteiger partial charge in [-0.15, -0.1) is 12.6 Å². The zero-order valence-corrected chi connectivity index (χ0v) is 36.9. The monoisotopic (exact) mass is 776 g/mol. The van der Waals surface area contributed by atoms with E-state index in [0.29, 0.717) is 24.4 Å². The minimum atomic E-state index is -0.441. The van der Waals surface area contributed by atoms with Gasteiger partial charge in [-0.3, -0.25) is 19.8 Å². The minimum Gasteiger partial charge on any atom is -0.348 e. The standard InChI is InChI=1S/C46H73N5O3S/c1-12-25-47-49-41(52)37-21-17-34(18-22-37)35-23-27-50(28-24-35)30-46(10,11)45(8,9)29-38(44(5,6)7)43(54)51-26-13-14-39(51)42(53)48-32(4)33-15-19-36(20-16-33)40(55)31(2)3/h15-19,21-22,32,35-36,38-39,47,55H,12-14,20,23-30H2,1-11H3,(H,48,53)(H,49,52). The third kappa shape index (κ3) is 11.6. The van der Waals surface area contributed by atoms with Gasteiger partial charge in [-0.05, 0) is 129 Å². The minimum absolute atomic E-state index is 0.0502. The van der Waals surface area contributed by atoms with E-state index < -0.39 is 6.04 Å². The van der Waals surface area contributed by atoms with Gasteiger partial charge in [-0.1, -0.05) is 91.3 Å². The Bertz CT molecular complexity index is 1570. The first kappa shape index (κ1) is 44.8. The summed E-state index contributed by atoms with van der Waals surface area (Å²) in [6.07, 6.45) is 12.8. The van der Waals surface area contributed by atoms with E-state index in [4.69, 9.17) is 12.6 Å². The summed E-state index contributed by atoms with van der Waals surface area (Å²) in [6.45, 7) is 28.6. The Morgan fingerprint density at radius 3 is 2.15 bits per heavy atom. The highest BCUT2D eigenvalue weighted by Gasteiger charge is 2.47. The molecule has 2 saturated heterocycles. The molecule has 0 saturated carbocycles. The normalized spacial score (nSPS) is 21.2. The number of carbonyl (C=O) groups is 3. The molecule has 4 rings (SSSR count). The fourth-order valence-corrected chi connectivity index (χ4v) is 8.61. The first-order valence-electron chi connectivity index (χ1n) is 21.0. The number of rotatable bonds is 15. The third-order valence-corrected chi connectivity index (χ3v) is 13.8. The quantitative estimate of drug-likeness (QED) is 0.0812. The Balaban J connectivity index is 1.35. The van der Waals surface area contributed by atoms with Crippen LogP contribution in [-0.4, -0.2) is 72.3 Å². The molecule has 3 amide bonds. The van der Waals surface area contributed by atoms with E-state index >= 15 is 0 Å². The Labute approximate surface area is 339 Å². The van der Waals surface area contributed by atoms with Crippen molar-refractivity contribution < 1.29 is 14.4 Å². The number of benzene rings is 1. The second-order valence-electron chi connectivity index (χ2n) is 19.2. The fourth-order valence-electron chi connectivity index (χ4n) is 8.42. The molecule has 2 aliphatic heterocycles. The lowest BCUT2D eigenvalue weighted by Gasteiger charge is -2.49. The first-order valence-corrected chi connectivity index (χ1v) is 21.4. The van der Waals surface area contributed by atoms with Crippen molar-refractivity contribution in [2.45, 2.75) is 139 Å². The maximum absolute atomic E-state index is 14.6. The highest BCUT2D eigenvalue weighted by Crippen LogP contribution is 2.48. The molecule has 0 bridgehead atoms. The second-order valence-corrected chi connectivity index (χ2v) is 19.6. The molecule has 55 heavy (non-hydrogen) atoms. The average molecular weight is 776 g/mol. The van der Waals surface area contributed by atoms with Crippen molar-refractivity contribution in [3.63, 3.8) is 0 Å². The van der Waals surface area contributed by atoms with Crippen LogP contribution in [0, 0.1) is 28.1 Å². The summed E-state index contributed by atoms with van der Waals surface area (Å²) in [5, 5.41) is 3.26. The molecule has 4 unspecified atom stereocenters. The summed E-state index contributed by atoms with van der Waals surface area (Å²) in [6, 6.07) is 7.54. The molecule has 0 aromatic heterocycles. The summed E-state index contributed by atoms with van der Waals surface area (Å²) < 4.78 is 0. The largest absolute Gasteiger partial charge is 0.348 e. The molecule has 2 heterocycles. The first-order chi connectivity index (χ1) is 25.8. The Kier molecular flexibility index (Phi) is 15.5. The summed E-state index contributed by atoms with van der Waals surface area (Å²) in [5.41, 5.74) is 9.58. The van der Waals surface area contributed by atoms with Crippen molar-refractivity contribution in [3.05, 3.63) is 69.7 Å². The Morgan fingerprint density at radius 1 is 0.927 bits per heavy atom. The molecule has 1 aliphatic carbocycles. The van der Waals surface area contributed by atoms with Gasteiger partial charge in [-0.2, -0.15) is 0 Å². The maximum atomic E-state index is 14.6. The smallest absolute Gasteiger partial charge is 0.265 e. The summed E-state index contributed by atoms with van der Waals surface area (Å²) in [4.78, 5) is 46.5. The van der Waals surface area contributed by atoms with Crippen LogP contribution >= 0.6 is 12.6 Å². The number of thiol groups is 1. The SMILES string of the molecule is CCCNNC(=O)c1ccc(C2CCN(CC(C)(C)C(C)(C)CC(C(=O)N3CCCC3C(=O)NC(C)C3=CCC(C(S)=C(C)C)C=C3)C(C)(C)C)CC2)cc1. The summed E-state index contributed by atoms with van der Waals surface area (Å²) in [7, 11) is 0. The predicted octanol–water partition coefficient (Wildman–Crippen LogP) is 8.84. The number of hydrogen-bond acceptors (Lipinski definition) is 6. The number of hydrazine groups is 1. The molecular weight excluding hydrogens is 703 g/mol. The van der Waals surface area contributed by atoms with Crippen LogP contribution < -0.4 is 16.2 Å². The topological polar surface area (TPSA) is 93.8 Å². The second kappa shape index (κ2) is 19.0. The van der Waals surface area contributed by atoms with Gasteiger partial charge in [0.1, 0.15) is 6.04 Å². The molecule has 1 aromatic rings. The third-order valence-electron chi connectivity index (χ3n) is 13.0. The van der Waals surface area contributed by atoms with E-state index in [2.05, 4.69) is 121 Å².